The number of benzene rings is 3. The van der Waals surface area contributed by atoms with Gasteiger partial charge in [-0.1, -0.05) is 61.4 Å². The highest BCUT2D eigenvalue weighted by atomic mass is 35.5. The summed E-state index contributed by atoms with van der Waals surface area (Å²) in [4.78, 5) is 0. The van der Waals surface area contributed by atoms with E-state index in [0.717, 1.165) is 0 Å². The van der Waals surface area contributed by atoms with Crippen LogP contribution in [-0.4, -0.2) is 0 Å². The maximum absolute atomic E-state index is 6.73. The molecule has 0 aliphatic heterocycles. The van der Waals surface area contributed by atoms with Crippen molar-refractivity contribution in [1.29, 1.82) is 0 Å². The Kier molecular flexibility index (Phi) is 4.37. The second-order valence-electron chi connectivity index (χ2n) is 6.30. The fourth-order valence-electron chi connectivity index (χ4n) is 3.96. The van der Waals surface area contributed by atoms with E-state index >= 15 is 0 Å². The molecule has 0 saturated heterocycles. The molecule has 2 N–H and O–H groups in total. The number of hydrogen-bond donors (Lipinski definition) is 1. The summed E-state index contributed by atoms with van der Waals surface area (Å²) in [7, 11) is 0. The van der Waals surface area contributed by atoms with Crippen LogP contribution in [0.4, 0.5) is 0 Å². The van der Waals surface area contributed by atoms with Crippen LogP contribution >= 0.6 is 12.4 Å². The molecule has 22 heavy (non-hydrogen) atoms. The molecule has 2 heteroatoms. The summed E-state index contributed by atoms with van der Waals surface area (Å²) in [6.07, 6.45) is 5.22. The Morgan fingerprint density at radius 1 is 0.818 bits per heavy atom. The maximum Gasteiger partial charge on any atom is 0.0335 e. The van der Waals surface area contributed by atoms with Crippen molar-refractivity contribution in [1.82, 2.24) is 0 Å². The molecular formula is C20H22ClN. The standard InChI is InChI=1S/C20H21N.ClH/c21-20(14-7-1-2-8-14)19-17-11-5-3-9-15(17)13-16-10-4-6-12-18(16)19;/h3-6,9-14,20H,1-2,7-8,21H2;1H/t20-;/m1./s1. The molecule has 3 aromatic carbocycles. The summed E-state index contributed by atoms with van der Waals surface area (Å²) < 4.78 is 0. The third-order valence-electron chi connectivity index (χ3n) is 5.05. The third kappa shape index (κ3) is 2.49. The average Bonchev–Trinajstić information content (AvgIpc) is 3.06. The van der Waals surface area contributed by atoms with Crippen molar-refractivity contribution in [3.63, 3.8) is 0 Å². The van der Waals surface area contributed by atoms with Crippen LogP contribution in [0.25, 0.3) is 21.5 Å². The van der Waals surface area contributed by atoms with E-state index in [0.29, 0.717) is 5.92 Å². The predicted molar refractivity (Wildman–Crippen MR) is 97.6 cm³/mol. The Balaban J connectivity index is 0.00000144. The first-order valence-electron chi connectivity index (χ1n) is 8.00. The molecule has 0 amide bonds. The highest BCUT2D eigenvalue weighted by Gasteiger charge is 2.25. The summed E-state index contributed by atoms with van der Waals surface area (Å²) >= 11 is 0. The van der Waals surface area contributed by atoms with Crippen LogP contribution in [0.15, 0.2) is 54.6 Å². The minimum Gasteiger partial charge on any atom is -0.324 e. The normalized spacial score (nSPS) is 16.8. The highest BCUT2D eigenvalue weighted by Crippen LogP contribution is 2.40. The SMILES string of the molecule is Cl.N[C@@H](c1c2ccccc2cc2ccccc12)C1CCCC1. The van der Waals surface area contributed by atoms with Gasteiger partial charge in [0, 0.05) is 6.04 Å². The zero-order valence-electron chi connectivity index (χ0n) is 12.7. The van der Waals surface area contributed by atoms with Gasteiger partial charge in [-0.15, -0.1) is 12.4 Å². The van der Waals surface area contributed by atoms with E-state index in [1.54, 1.807) is 0 Å². The van der Waals surface area contributed by atoms with Gasteiger partial charge in [-0.3, -0.25) is 0 Å². The zero-order valence-corrected chi connectivity index (χ0v) is 13.5. The fourth-order valence-corrected chi connectivity index (χ4v) is 3.96. The van der Waals surface area contributed by atoms with E-state index in [9.17, 15) is 0 Å². The van der Waals surface area contributed by atoms with Crippen LogP contribution in [0, 0.1) is 5.92 Å². The van der Waals surface area contributed by atoms with Crippen molar-refractivity contribution in [2.24, 2.45) is 11.7 Å². The van der Waals surface area contributed by atoms with Crippen LogP contribution < -0.4 is 5.73 Å². The average molecular weight is 312 g/mol. The molecule has 1 fully saturated rings. The van der Waals surface area contributed by atoms with Gasteiger partial charge in [0.25, 0.3) is 0 Å². The van der Waals surface area contributed by atoms with E-state index in [2.05, 4.69) is 54.6 Å². The molecule has 1 aliphatic carbocycles. The lowest BCUT2D eigenvalue weighted by Gasteiger charge is -2.23. The molecule has 1 aliphatic rings. The highest BCUT2D eigenvalue weighted by molar-refractivity contribution is 6.02. The van der Waals surface area contributed by atoms with Crippen molar-refractivity contribution in [3.05, 3.63) is 60.2 Å². The maximum atomic E-state index is 6.73. The molecule has 0 spiro atoms. The Hall–Kier alpha value is -1.57. The number of hydrogen-bond acceptors (Lipinski definition) is 1. The predicted octanol–water partition coefficient (Wildman–Crippen LogP) is 5.60. The van der Waals surface area contributed by atoms with Crippen LogP contribution in [0.1, 0.15) is 37.3 Å². The summed E-state index contributed by atoms with van der Waals surface area (Å²) in [5, 5.41) is 5.27. The van der Waals surface area contributed by atoms with E-state index in [-0.39, 0.29) is 18.4 Å². The van der Waals surface area contributed by atoms with Crippen molar-refractivity contribution >= 4 is 34.0 Å². The van der Waals surface area contributed by atoms with Gasteiger partial charge in [0.15, 0.2) is 0 Å². The Labute approximate surface area is 137 Å². The van der Waals surface area contributed by atoms with E-state index in [1.165, 1.54) is 52.8 Å². The van der Waals surface area contributed by atoms with Crippen LogP contribution in [-0.2, 0) is 0 Å². The minimum absolute atomic E-state index is 0. The molecule has 0 heterocycles. The number of nitrogens with two attached hydrogens (primary N) is 1. The summed E-state index contributed by atoms with van der Waals surface area (Å²) in [5.74, 6) is 0.638. The summed E-state index contributed by atoms with van der Waals surface area (Å²) in [5.41, 5.74) is 8.09. The smallest absolute Gasteiger partial charge is 0.0335 e. The third-order valence-corrected chi connectivity index (χ3v) is 5.05. The van der Waals surface area contributed by atoms with Gasteiger partial charge in [0.2, 0.25) is 0 Å². The van der Waals surface area contributed by atoms with Crippen LogP contribution in [0.5, 0.6) is 0 Å². The molecular weight excluding hydrogens is 290 g/mol. The lowest BCUT2D eigenvalue weighted by molar-refractivity contribution is 0.449. The molecule has 4 rings (SSSR count). The molecule has 0 radical (unpaired) electrons. The second-order valence-corrected chi connectivity index (χ2v) is 6.30. The molecule has 0 unspecified atom stereocenters. The number of halogens is 1. The van der Waals surface area contributed by atoms with E-state index in [4.69, 9.17) is 5.73 Å². The molecule has 1 atom stereocenters. The lowest BCUT2D eigenvalue weighted by atomic mass is 9.86. The van der Waals surface area contributed by atoms with E-state index in [1.807, 2.05) is 0 Å². The van der Waals surface area contributed by atoms with Crippen molar-refractivity contribution in [3.8, 4) is 0 Å². The van der Waals surface area contributed by atoms with Crippen molar-refractivity contribution in [2.45, 2.75) is 31.7 Å². The molecule has 114 valence electrons. The molecule has 0 aromatic heterocycles. The van der Waals surface area contributed by atoms with Crippen molar-refractivity contribution < 1.29 is 0 Å². The molecule has 1 saturated carbocycles. The monoisotopic (exact) mass is 311 g/mol. The molecule has 0 bridgehead atoms. The Morgan fingerprint density at radius 3 is 1.86 bits per heavy atom. The Bertz CT molecular complexity index is 736. The Morgan fingerprint density at radius 2 is 1.32 bits per heavy atom. The van der Waals surface area contributed by atoms with Crippen LogP contribution in [0.3, 0.4) is 0 Å². The number of fused-ring (bicyclic) bond motifs is 2. The second kappa shape index (κ2) is 6.28. The van der Waals surface area contributed by atoms with E-state index < -0.39 is 0 Å². The lowest BCUT2D eigenvalue weighted by Crippen LogP contribution is -2.19. The molecule has 1 nitrogen and oxygen atoms in total. The summed E-state index contributed by atoms with van der Waals surface area (Å²) in [6, 6.07) is 19.8. The van der Waals surface area contributed by atoms with Crippen LogP contribution in [0.2, 0.25) is 0 Å². The van der Waals surface area contributed by atoms with Crippen molar-refractivity contribution in [2.75, 3.05) is 0 Å². The minimum atomic E-state index is 0. The zero-order chi connectivity index (χ0) is 14.2. The first-order chi connectivity index (χ1) is 10.3. The van der Waals surface area contributed by atoms with Gasteiger partial charge in [-0.2, -0.15) is 0 Å². The van der Waals surface area contributed by atoms with Gasteiger partial charge in [-0.05, 0) is 51.9 Å². The number of rotatable bonds is 2. The topological polar surface area (TPSA) is 26.0 Å². The van der Waals surface area contributed by atoms with Gasteiger partial charge in [-0.25, -0.2) is 0 Å². The fraction of sp³-hybridized carbons (Fsp3) is 0.300. The van der Waals surface area contributed by atoms with Gasteiger partial charge in [0.1, 0.15) is 0 Å². The van der Waals surface area contributed by atoms with Gasteiger partial charge >= 0.3 is 0 Å². The molecule has 3 aromatic rings. The van der Waals surface area contributed by atoms with Gasteiger partial charge in [0.05, 0.1) is 0 Å². The van der Waals surface area contributed by atoms with Gasteiger partial charge < -0.3 is 5.73 Å². The summed E-state index contributed by atoms with van der Waals surface area (Å²) in [6.45, 7) is 0. The quantitative estimate of drug-likeness (QED) is 0.612. The first kappa shape index (κ1) is 15.3. The first-order valence-corrected chi connectivity index (χ1v) is 8.00. The largest absolute Gasteiger partial charge is 0.324 e.